The zero-order valence-corrected chi connectivity index (χ0v) is 10.9. The lowest BCUT2D eigenvalue weighted by atomic mass is 9.83. The normalized spacial score (nSPS) is 24.6. The molecular weight excluding hydrogens is 241 g/mol. The van der Waals surface area contributed by atoms with Crippen molar-refractivity contribution in [3.63, 3.8) is 0 Å². The van der Waals surface area contributed by atoms with Crippen molar-refractivity contribution in [2.75, 3.05) is 6.54 Å². The third kappa shape index (κ3) is 3.77. The van der Waals surface area contributed by atoms with Crippen molar-refractivity contribution in [1.82, 2.24) is 5.32 Å². The molecule has 0 heterocycles. The molecule has 2 nitrogen and oxygen atoms in total. The summed E-state index contributed by atoms with van der Waals surface area (Å²) in [5.41, 5.74) is 5.09. The first-order chi connectivity index (χ1) is 8.32. The van der Waals surface area contributed by atoms with Gasteiger partial charge in [0.15, 0.2) is 0 Å². The lowest BCUT2D eigenvalue weighted by Crippen LogP contribution is -2.42. The Morgan fingerprint density at radius 2 is 2.00 bits per heavy atom. The van der Waals surface area contributed by atoms with Gasteiger partial charge in [0.2, 0.25) is 0 Å². The van der Waals surface area contributed by atoms with E-state index in [1.165, 1.54) is 6.08 Å². The molecule has 5 heteroatoms. The summed E-state index contributed by atoms with van der Waals surface area (Å²) < 4.78 is 38.6. The first-order valence-electron chi connectivity index (χ1n) is 6.34. The van der Waals surface area contributed by atoms with Gasteiger partial charge >= 0.3 is 6.18 Å². The molecule has 0 bridgehead atoms. The van der Waals surface area contributed by atoms with Crippen molar-refractivity contribution < 1.29 is 13.2 Å². The van der Waals surface area contributed by atoms with Gasteiger partial charge in [-0.05, 0) is 12.8 Å². The van der Waals surface area contributed by atoms with E-state index in [0.717, 1.165) is 18.9 Å². The van der Waals surface area contributed by atoms with Crippen LogP contribution in [-0.2, 0) is 0 Å². The van der Waals surface area contributed by atoms with Gasteiger partial charge in [0, 0.05) is 24.2 Å². The minimum atomic E-state index is -4.32. The van der Waals surface area contributed by atoms with Crippen LogP contribution in [0.3, 0.4) is 0 Å². The monoisotopic (exact) mass is 262 g/mol. The first-order valence-corrected chi connectivity index (χ1v) is 6.34. The van der Waals surface area contributed by atoms with Crippen LogP contribution < -0.4 is 11.1 Å². The van der Waals surface area contributed by atoms with E-state index >= 15 is 0 Å². The van der Waals surface area contributed by atoms with Crippen molar-refractivity contribution in [2.45, 2.75) is 51.2 Å². The lowest BCUT2D eigenvalue weighted by molar-refractivity contribution is -0.0898. The molecule has 0 fully saturated rings. The highest BCUT2D eigenvalue weighted by Gasteiger charge is 2.39. The molecule has 1 unspecified atom stereocenters. The van der Waals surface area contributed by atoms with Gasteiger partial charge in [-0.2, -0.15) is 13.2 Å². The van der Waals surface area contributed by atoms with E-state index in [1.807, 2.05) is 13.8 Å². The summed E-state index contributed by atoms with van der Waals surface area (Å²) in [7, 11) is 0. The third-order valence-corrected chi connectivity index (χ3v) is 3.02. The fourth-order valence-corrected chi connectivity index (χ4v) is 2.17. The zero-order valence-electron chi connectivity index (χ0n) is 10.9. The number of alkyl halides is 3. The molecule has 1 atom stereocenters. The van der Waals surface area contributed by atoms with E-state index in [0.29, 0.717) is 13.0 Å². The minimum Gasteiger partial charge on any atom is -0.388 e. The molecule has 0 aromatic heterocycles. The number of hydrogen-bond acceptors (Lipinski definition) is 2. The molecule has 0 aliphatic heterocycles. The Hall–Kier alpha value is -0.970. The van der Waals surface area contributed by atoms with Crippen LogP contribution >= 0.6 is 0 Å². The molecular formula is C13H21F3N2. The second kappa shape index (κ2) is 5.78. The number of hydrogen-bond donors (Lipinski definition) is 2. The SMILES string of the molecule is CCCNC1=C(C(F)(F)F)C=CC(N)(CCC)C1. The number of nitrogens with two attached hydrogens (primary N) is 1. The summed E-state index contributed by atoms with van der Waals surface area (Å²) in [6.45, 7) is 4.43. The predicted octanol–water partition coefficient (Wildman–Crippen LogP) is 3.26. The van der Waals surface area contributed by atoms with Crippen LogP contribution in [0.1, 0.15) is 39.5 Å². The number of allylic oxidation sites excluding steroid dienone is 2. The van der Waals surface area contributed by atoms with Crippen LogP contribution in [0, 0.1) is 0 Å². The second-order valence-electron chi connectivity index (χ2n) is 4.81. The average Bonchev–Trinajstić information content (AvgIpc) is 2.24. The number of halogens is 3. The first kappa shape index (κ1) is 15.1. The quantitative estimate of drug-likeness (QED) is 0.798. The summed E-state index contributed by atoms with van der Waals surface area (Å²) in [4.78, 5) is 0. The van der Waals surface area contributed by atoms with Crippen molar-refractivity contribution in [2.24, 2.45) is 5.73 Å². The molecule has 104 valence electrons. The highest BCUT2D eigenvalue weighted by Crippen LogP contribution is 2.36. The van der Waals surface area contributed by atoms with E-state index in [4.69, 9.17) is 5.73 Å². The molecule has 1 aliphatic rings. The molecule has 0 radical (unpaired) electrons. The number of rotatable bonds is 5. The molecule has 3 N–H and O–H groups in total. The second-order valence-corrected chi connectivity index (χ2v) is 4.81. The molecule has 0 saturated heterocycles. The summed E-state index contributed by atoms with van der Waals surface area (Å²) in [5.74, 6) is 0. The largest absolute Gasteiger partial charge is 0.418 e. The maximum absolute atomic E-state index is 12.9. The van der Waals surface area contributed by atoms with E-state index in [2.05, 4.69) is 5.32 Å². The molecule has 0 aromatic rings. The van der Waals surface area contributed by atoms with Crippen molar-refractivity contribution in [3.05, 3.63) is 23.4 Å². The summed E-state index contributed by atoms with van der Waals surface area (Å²) >= 11 is 0. The van der Waals surface area contributed by atoms with Gasteiger partial charge in [-0.25, -0.2) is 0 Å². The standard InChI is InChI=1S/C13H21F3N2/c1-3-6-12(17)7-5-10(13(14,15)16)11(9-12)18-8-4-2/h5,7,18H,3-4,6,8-9,17H2,1-2H3. The molecule has 1 aliphatic carbocycles. The Kier molecular flexibility index (Phi) is 4.85. The Morgan fingerprint density at radius 3 is 2.50 bits per heavy atom. The lowest BCUT2D eigenvalue weighted by Gasteiger charge is -2.32. The van der Waals surface area contributed by atoms with Crippen molar-refractivity contribution >= 4 is 0 Å². The summed E-state index contributed by atoms with van der Waals surface area (Å²) in [5, 5.41) is 2.87. The van der Waals surface area contributed by atoms with Crippen LogP contribution in [0.5, 0.6) is 0 Å². The van der Waals surface area contributed by atoms with Gasteiger partial charge in [-0.3, -0.25) is 0 Å². The Balaban J connectivity index is 2.96. The van der Waals surface area contributed by atoms with Crippen LogP contribution in [0.4, 0.5) is 13.2 Å². The van der Waals surface area contributed by atoms with Crippen molar-refractivity contribution in [3.8, 4) is 0 Å². The Bertz CT molecular complexity index is 345. The van der Waals surface area contributed by atoms with Crippen LogP contribution in [0.15, 0.2) is 23.4 Å². The summed E-state index contributed by atoms with van der Waals surface area (Å²) in [6, 6.07) is 0. The fourth-order valence-electron chi connectivity index (χ4n) is 2.17. The minimum absolute atomic E-state index is 0.225. The highest BCUT2D eigenvalue weighted by molar-refractivity contribution is 5.37. The van der Waals surface area contributed by atoms with Crippen LogP contribution in [0.25, 0.3) is 0 Å². The maximum atomic E-state index is 12.9. The van der Waals surface area contributed by atoms with Gasteiger partial charge < -0.3 is 11.1 Å². The molecule has 0 aromatic carbocycles. The van der Waals surface area contributed by atoms with Gasteiger partial charge in [-0.15, -0.1) is 0 Å². The zero-order chi connectivity index (χ0) is 13.8. The van der Waals surface area contributed by atoms with Crippen LogP contribution in [-0.4, -0.2) is 18.3 Å². The molecule has 1 rings (SSSR count). The van der Waals surface area contributed by atoms with Gasteiger partial charge in [0.05, 0.1) is 5.57 Å². The number of nitrogens with one attached hydrogen (secondary N) is 1. The smallest absolute Gasteiger partial charge is 0.388 e. The third-order valence-electron chi connectivity index (χ3n) is 3.02. The van der Waals surface area contributed by atoms with Gasteiger partial charge in [-0.1, -0.05) is 32.4 Å². The van der Waals surface area contributed by atoms with Gasteiger partial charge in [0.25, 0.3) is 0 Å². The average molecular weight is 262 g/mol. The fraction of sp³-hybridized carbons (Fsp3) is 0.692. The van der Waals surface area contributed by atoms with E-state index in [-0.39, 0.29) is 12.1 Å². The van der Waals surface area contributed by atoms with Crippen LogP contribution in [0.2, 0.25) is 0 Å². The Labute approximate surface area is 106 Å². The van der Waals surface area contributed by atoms with Gasteiger partial charge in [0.1, 0.15) is 0 Å². The molecule has 0 amide bonds. The van der Waals surface area contributed by atoms with E-state index in [9.17, 15) is 13.2 Å². The van der Waals surface area contributed by atoms with E-state index in [1.54, 1.807) is 0 Å². The Morgan fingerprint density at radius 1 is 1.33 bits per heavy atom. The predicted molar refractivity (Wildman–Crippen MR) is 67.0 cm³/mol. The van der Waals surface area contributed by atoms with E-state index < -0.39 is 17.3 Å². The highest BCUT2D eigenvalue weighted by atomic mass is 19.4. The summed E-state index contributed by atoms with van der Waals surface area (Å²) in [6.07, 6.45) is 0.846. The topological polar surface area (TPSA) is 38.0 Å². The van der Waals surface area contributed by atoms with Crippen molar-refractivity contribution in [1.29, 1.82) is 0 Å². The molecule has 18 heavy (non-hydrogen) atoms. The maximum Gasteiger partial charge on any atom is 0.418 e. The molecule has 0 spiro atoms. The molecule has 0 saturated carbocycles.